The maximum absolute atomic E-state index is 13.8. The van der Waals surface area contributed by atoms with E-state index in [4.69, 9.17) is 5.73 Å². The summed E-state index contributed by atoms with van der Waals surface area (Å²) < 4.78 is 82.9. The van der Waals surface area contributed by atoms with Crippen molar-refractivity contribution >= 4 is 17.7 Å². The highest BCUT2D eigenvalue weighted by Crippen LogP contribution is 2.39. The van der Waals surface area contributed by atoms with Gasteiger partial charge in [0.05, 0.1) is 29.1 Å². The molecule has 0 spiro atoms. The quantitative estimate of drug-likeness (QED) is 0.307. The molecule has 2 aromatic heterocycles. The number of hydrogen-bond donors (Lipinski definition) is 1. The highest BCUT2D eigenvalue weighted by atomic mass is 19.4. The Balaban J connectivity index is 2.02. The zero-order chi connectivity index (χ0) is 26.1. The predicted octanol–water partition coefficient (Wildman–Crippen LogP) is 4.92. The molecule has 2 N–H and O–H groups in total. The molecule has 0 aliphatic heterocycles. The van der Waals surface area contributed by atoms with Crippen molar-refractivity contribution in [2.45, 2.75) is 12.4 Å². The molecule has 13 heteroatoms. The maximum atomic E-state index is 13.8. The first kappa shape index (κ1) is 24.6. The number of alkyl halides is 6. The first-order valence-corrected chi connectivity index (χ1v) is 10.0. The van der Waals surface area contributed by atoms with Crippen LogP contribution in [0.25, 0.3) is 34.5 Å². The summed E-state index contributed by atoms with van der Waals surface area (Å²) in [6.45, 7) is 0. The average molecular weight is 504 g/mol. The Morgan fingerprint density at radius 3 is 1.97 bits per heavy atom. The molecule has 0 bridgehead atoms. The number of primary amides is 1. The monoisotopic (exact) mass is 504 g/mol. The zero-order valence-electron chi connectivity index (χ0n) is 17.9. The van der Waals surface area contributed by atoms with Crippen LogP contribution in [-0.4, -0.2) is 30.9 Å². The van der Waals surface area contributed by atoms with Crippen molar-refractivity contribution in [1.82, 2.24) is 25.0 Å². The van der Waals surface area contributed by atoms with Crippen LogP contribution < -0.4 is 5.73 Å². The number of rotatable bonds is 5. The van der Waals surface area contributed by atoms with Crippen molar-refractivity contribution in [2.75, 3.05) is 0 Å². The highest BCUT2D eigenvalue weighted by Gasteiger charge is 2.37. The van der Waals surface area contributed by atoms with E-state index in [1.54, 1.807) is 0 Å². The lowest BCUT2D eigenvalue weighted by molar-refractivity contribution is -0.137. The molecule has 0 unspecified atom stereocenters. The van der Waals surface area contributed by atoms with Gasteiger partial charge in [-0.2, -0.15) is 36.5 Å². The van der Waals surface area contributed by atoms with E-state index in [1.165, 1.54) is 30.6 Å². The number of hydrogen-bond acceptors (Lipinski definition) is 5. The Kier molecular flexibility index (Phi) is 6.31. The van der Waals surface area contributed by atoms with Crippen LogP contribution in [-0.2, 0) is 17.1 Å². The van der Waals surface area contributed by atoms with Gasteiger partial charge in [0.25, 0.3) is 5.91 Å². The minimum absolute atomic E-state index is 0.153. The van der Waals surface area contributed by atoms with E-state index in [1.807, 2.05) is 0 Å². The van der Waals surface area contributed by atoms with Gasteiger partial charge in [0.1, 0.15) is 0 Å². The van der Waals surface area contributed by atoms with Crippen molar-refractivity contribution in [3.8, 4) is 22.8 Å². The van der Waals surface area contributed by atoms with E-state index in [0.717, 1.165) is 47.3 Å². The first-order valence-electron chi connectivity index (χ1n) is 10.0. The fraction of sp³-hybridized carbons (Fsp3) is 0.0870. The molecule has 0 atom stereocenters. The third-order valence-corrected chi connectivity index (χ3v) is 4.99. The summed E-state index contributed by atoms with van der Waals surface area (Å²) >= 11 is 0. The van der Waals surface area contributed by atoms with Gasteiger partial charge in [0.15, 0.2) is 11.6 Å². The lowest BCUT2D eigenvalue weighted by Crippen LogP contribution is -2.14. The molecular weight excluding hydrogens is 490 g/mol. The normalized spacial score (nSPS) is 12.6. The Morgan fingerprint density at radius 2 is 1.42 bits per heavy atom. The molecule has 184 valence electrons. The van der Waals surface area contributed by atoms with Crippen LogP contribution >= 0.6 is 0 Å². The smallest absolute Gasteiger partial charge is 0.366 e. The number of halogens is 6. The summed E-state index contributed by atoms with van der Waals surface area (Å²) in [5.74, 6) is -1.97. The van der Waals surface area contributed by atoms with Gasteiger partial charge in [-0.05, 0) is 18.2 Å². The summed E-state index contributed by atoms with van der Waals surface area (Å²) in [6.07, 6.45) is -6.20. The van der Waals surface area contributed by atoms with Crippen molar-refractivity contribution in [2.24, 2.45) is 5.73 Å². The molecule has 7 nitrogen and oxygen atoms in total. The molecule has 0 fully saturated rings. The average Bonchev–Trinajstić information content (AvgIpc) is 3.25. The van der Waals surface area contributed by atoms with Crippen LogP contribution in [0, 0.1) is 0 Å². The lowest BCUT2D eigenvalue weighted by atomic mass is 10.1. The number of aromatic nitrogens is 5. The molecular formula is C23H14F6N6O. The third kappa shape index (κ3) is 4.94. The molecule has 0 saturated heterocycles. The SMILES string of the molecule is NC(=O)/C(=C/n1nc(-c2ccccc2C(F)(F)F)nc1-c1ccccc1C(F)(F)F)c1ccnnc1. The van der Waals surface area contributed by atoms with Gasteiger partial charge in [-0.3, -0.25) is 4.79 Å². The van der Waals surface area contributed by atoms with Crippen LogP contribution in [0.2, 0.25) is 0 Å². The molecule has 4 aromatic rings. The number of nitrogens with two attached hydrogens (primary N) is 1. The van der Waals surface area contributed by atoms with Crippen LogP contribution in [0.4, 0.5) is 26.3 Å². The second-order valence-corrected chi connectivity index (χ2v) is 7.33. The molecule has 0 aliphatic rings. The molecule has 36 heavy (non-hydrogen) atoms. The van der Waals surface area contributed by atoms with Crippen LogP contribution in [0.3, 0.4) is 0 Å². The van der Waals surface area contributed by atoms with E-state index in [2.05, 4.69) is 20.3 Å². The summed E-state index contributed by atoms with van der Waals surface area (Å²) in [7, 11) is 0. The Morgan fingerprint density at radius 1 is 0.833 bits per heavy atom. The van der Waals surface area contributed by atoms with E-state index in [0.29, 0.717) is 0 Å². The topological polar surface area (TPSA) is 99.6 Å². The molecule has 2 aromatic carbocycles. The predicted molar refractivity (Wildman–Crippen MR) is 116 cm³/mol. The Labute approximate surface area is 198 Å². The standard InChI is InChI=1S/C23H14F6N6O/c24-22(25,26)17-7-3-1-5-14(17)20-33-21(15-6-2-4-8-18(15)23(27,28)29)35(34-20)12-16(19(30)36)13-9-10-31-32-11-13/h1-12H,(H2,30,36)/b16-12+. The molecule has 0 aliphatic carbocycles. The number of amides is 1. The number of carbonyl (C=O) groups excluding carboxylic acids is 1. The van der Waals surface area contributed by atoms with Gasteiger partial charge in [-0.1, -0.05) is 36.4 Å². The highest BCUT2D eigenvalue weighted by molar-refractivity contribution is 6.22. The van der Waals surface area contributed by atoms with Gasteiger partial charge < -0.3 is 5.73 Å². The number of benzene rings is 2. The van der Waals surface area contributed by atoms with Gasteiger partial charge in [0, 0.05) is 22.9 Å². The summed E-state index contributed by atoms with van der Waals surface area (Å²) in [5.41, 5.74) is 2.25. The molecule has 0 saturated carbocycles. The minimum Gasteiger partial charge on any atom is -0.366 e. The van der Waals surface area contributed by atoms with E-state index in [9.17, 15) is 31.1 Å². The van der Waals surface area contributed by atoms with Crippen molar-refractivity contribution in [1.29, 1.82) is 0 Å². The second-order valence-electron chi connectivity index (χ2n) is 7.33. The minimum atomic E-state index is -4.82. The Bertz CT molecular complexity index is 1440. The van der Waals surface area contributed by atoms with Gasteiger partial charge >= 0.3 is 12.4 Å². The van der Waals surface area contributed by atoms with Gasteiger partial charge in [0.2, 0.25) is 0 Å². The molecule has 0 radical (unpaired) electrons. The largest absolute Gasteiger partial charge is 0.417 e. The zero-order valence-corrected chi connectivity index (χ0v) is 17.9. The van der Waals surface area contributed by atoms with Crippen molar-refractivity contribution in [3.63, 3.8) is 0 Å². The summed E-state index contributed by atoms with van der Waals surface area (Å²) in [6, 6.07) is 10.1. The van der Waals surface area contributed by atoms with E-state index >= 15 is 0 Å². The van der Waals surface area contributed by atoms with Crippen molar-refractivity contribution in [3.05, 3.63) is 83.7 Å². The lowest BCUT2D eigenvalue weighted by Gasteiger charge is -2.12. The fourth-order valence-corrected chi connectivity index (χ4v) is 3.41. The van der Waals surface area contributed by atoms with Crippen LogP contribution in [0.15, 0.2) is 67.0 Å². The molecule has 2 heterocycles. The second kappa shape index (κ2) is 9.24. The van der Waals surface area contributed by atoms with E-state index < -0.39 is 52.2 Å². The van der Waals surface area contributed by atoms with E-state index in [-0.39, 0.29) is 11.1 Å². The summed E-state index contributed by atoms with van der Waals surface area (Å²) in [5, 5.41) is 11.2. The molecule has 1 amide bonds. The van der Waals surface area contributed by atoms with Crippen LogP contribution in [0.1, 0.15) is 16.7 Å². The fourth-order valence-electron chi connectivity index (χ4n) is 3.41. The third-order valence-electron chi connectivity index (χ3n) is 4.99. The maximum Gasteiger partial charge on any atom is 0.417 e. The first-order chi connectivity index (χ1) is 17.0. The summed E-state index contributed by atoms with van der Waals surface area (Å²) in [4.78, 5) is 16.2. The van der Waals surface area contributed by atoms with Crippen LogP contribution in [0.5, 0.6) is 0 Å². The molecule has 4 rings (SSSR count). The van der Waals surface area contributed by atoms with Crippen molar-refractivity contribution < 1.29 is 31.1 Å². The number of nitrogens with zero attached hydrogens (tertiary/aromatic N) is 5. The van der Waals surface area contributed by atoms with Gasteiger partial charge in [-0.25, -0.2) is 9.67 Å². The number of carbonyl (C=O) groups is 1. The van der Waals surface area contributed by atoms with Gasteiger partial charge in [-0.15, -0.1) is 5.10 Å². The Hall–Kier alpha value is -4.55.